The molecule has 2 aromatic heterocycles. The third kappa shape index (κ3) is 3.09. The van der Waals surface area contributed by atoms with Crippen molar-refractivity contribution >= 4 is 22.1 Å². The molecule has 0 amide bonds. The fraction of sp³-hybridized carbons (Fsp3) is 0.462. The lowest BCUT2D eigenvalue weighted by atomic mass is 10.4. The van der Waals surface area contributed by atoms with E-state index < -0.39 is 10.8 Å². The molecule has 0 radical (unpaired) electrons. The van der Waals surface area contributed by atoms with Crippen LogP contribution in [-0.4, -0.2) is 14.0 Å². The highest BCUT2D eigenvalue weighted by Crippen LogP contribution is 2.25. The second-order valence-electron chi connectivity index (χ2n) is 4.56. The first kappa shape index (κ1) is 13.5. The van der Waals surface area contributed by atoms with Crippen molar-refractivity contribution in [2.45, 2.75) is 37.8 Å². The minimum absolute atomic E-state index is 0.0780. The molecule has 18 heavy (non-hydrogen) atoms. The molecule has 0 spiro atoms. The fourth-order valence-corrected chi connectivity index (χ4v) is 3.85. The second-order valence-corrected chi connectivity index (χ2v) is 7.30. The predicted molar refractivity (Wildman–Crippen MR) is 77.2 cm³/mol. The topological polar surface area (TPSA) is 34.9 Å². The van der Waals surface area contributed by atoms with Crippen LogP contribution in [0.25, 0.3) is 0 Å². The second kappa shape index (κ2) is 5.80. The summed E-state index contributed by atoms with van der Waals surface area (Å²) in [6.07, 6.45) is 1.95. The van der Waals surface area contributed by atoms with Crippen LogP contribution in [0.4, 0.5) is 0 Å². The Morgan fingerprint density at radius 1 is 1.39 bits per heavy atom. The monoisotopic (exact) mass is 282 g/mol. The predicted octanol–water partition coefficient (Wildman–Crippen LogP) is 3.54. The lowest BCUT2D eigenvalue weighted by Gasteiger charge is -2.08. The van der Waals surface area contributed by atoms with Gasteiger partial charge in [0.1, 0.15) is 0 Å². The zero-order valence-electron chi connectivity index (χ0n) is 10.9. The van der Waals surface area contributed by atoms with E-state index in [9.17, 15) is 4.21 Å². The van der Waals surface area contributed by atoms with Crippen LogP contribution in [-0.2, 0) is 16.6 Å². The van der Waals surface area contributed by atoms with Crippen LogP contribution in [0.2, 0.25) is 0 Å². The lowest BCUT2D eigenvalue weighted by Crippen LogP contribution is -2.06. The van der Waals surface area contributed by atoms with Gasteiger partial charge < -0.3 is 0 Å². The maximum Gasteiger partial charge on any atom is 0.0749 e. The third-order valence-electron chi connectivity index (χ3n) is 2.82. The van der Waals surface area contributed by atoms with Gasteiger partial charge in [-0.15, -0.1) is 11.3 Å². The van der Waals surface area contributed by atoms with Crippen molar-refractivity contribution in [3.05, 3.63) is 40.3 Å². The summed E-state index contributed by atoms with van der Waals surface area (Å²) in [4.78, 5) is 1.18. The van der Waals surface area contributed by atoms with E-state index in [1.165, 1.54) is 4.88 Å². The van der Waals surface area contributed by atoms with Crippen molar-refractivity contribution in [1.29, 1.82) is 0 Å². The van der Waals surface area contributed by atoms with E-state index in [-0.39, 0.29) is 5.25 Å². The van der Waals surface area contributed by atoms with Gasteiger partial charge in [-0.05, 0) is 38.3 Å². The summed E-state index contributed by atoms with van der Waals surface area (Å²) >= 11 is 1.66. The van der Waals surface area contributed by atoms with Gasteiger partial charge in [0, 0.05) is 27.9 Å². The molecule has 2 aromatic rings. The SMILES string of the molecule is CC(C)n1ccc(CS(=O)C(C)c2cccs2)n1. The van der Waals surface area contributed by atoms with Crippen LogP contribution in [0.1, 0.15) is 42.6 Å². The summed E-state index contributed by atoms with van der Waals surface area (Å²) in [5, 5.41) is 6.54. The van der Waals surface area contributed by atoms with Crippen molar-refractivity contribution in [1.82, 2.24) is 9.78 Å². The minimum atomic E-state index is -0.910. The molecule has 0 aliphatic carbocycles. The van der Waals surface area contributed by atoms with Crippen molar-refractivity contribution in [3.8, 4) is 0 Å². The first-order valence-corrected chi connectivity index (χ1v) is 8.28. The van der Waals surface area contributed by atoms with Crippen molar-refractivity contribution < 1.29 is 4.21 Å². The molecule has 0 fully saturated rings. The molecule has 3 nitrogen and oxygen atoms in total. The number of nitrogens with zero attached hydrogens (tertiary/aromatic N) is 2. The Bertz CT molecular complexity index is 517. The minimum Gasteiger partial charge on any atom is -0.270 e. The first-order chi connectivity index (χ1) is 8.58. The van der Waals surface area contributed by atoms with Crippen molar-refractivity contribution in [2.24, 2.45) is 0 Å². The fourth-order valence-electron chi connectivity index (χ4n) is 1.66. The van der Waals surface area contributed by atoms with Crippen LogP contribution in [0, 0.1) is 0 Å². The average molecular weight is 282 g/mol. The van der Waals surface area contributed by atoms with Crippen LogP contribution in [0.15, 0.2) is 29.8 Å². The highest BCUT2D eigenvalue weighted by molar-refractivity contribution is 7.84. The molecule has 2 rings (SSSR count). The summed E-state index contributed by atoms with van der Waals surface area (Å²) in [5.41, 5.74) is 0.908. The standard InChI is InChI=1S/C13H18N2OS2/c1-10(2)15-7-6-12(14-15)9-18(16)11(3)13-5-4-8-17-13/h4-8,10-11H,9H2,1-3H3. The Morgan fingerprint density at radius 2 is 2.17 bits per heavy atom. The van der Waals surface area contributed by atoms with Crippen LogP contribution in [0.3, 0.4) is 0 Å². The first-order valence-electron chi connectivity index (χ1n) is 6.02. The molecule has 0 aromatic carbocycles. The number of hydrogen-bond donors (Lipinski definition) is 0. The number of aromatic nitrogens is 2. The normalized spacial score (nSPS) is 14.9. The lowest BCUT2D eigenvalue weighted by molar-refractivity contribution is 0.528. The Morgan fingerprint density at radius 3 is 2.72 bits per heavy atom. The highest BCUT2D eigenvalue weighted by Gasteiger charge is 2.16. The molecule has 2 unspecified atom stereocenters. The molecule has 98 valence electrons. The van der Waals surface area contributed by atoms with Gasteiger partial charge in [0.05, 0.1) is 16.7 Å². The smallest absolute Gasteiger partial charge is 0.0749 e. The Kier molecular flexibility index (Phi) is 4.35. The maximum atomic E-state index is 12.3. The number of thiophene rings is 1. The molecule has 0 aliphatic heterocycles. The van der Waals surface area contributed by atoms with Gasteiger partial charge in [-0.25, -0.2) is 0 Å². The van der Waals surface area contributed by atoms with E-state index in [4.69, 9.17) is 0 Å². The third-order valence-corrected chi connectivity index (χ3v) is 5.65. The van der Waals surface area contributed by atoms with E-state index in [0.717, 1.165) is 5.69 Å². The van der Waals surface area contributed by atoms with E-state index in [1.807, 2.05) is 41.4 Å². The quantitative estimate of drug-likeness (QED) is 0.841. The van der Waals surface area contributed by atoms with E-state index in [2.05, 4.69) is 18.9 Å². The molecule has 0 aliphatic rings. The molecule has 0 bridgehead atoms. The molecule has 0 saturated carbocycles. The van der Waals surface area contributed by atoms with Crippen molar-refractivity contribution in [2.75, 3.05) is 0 Å². The zero-order valence-corrected chi connectivity index (χ0v) is 12.5. The molecule has 2 atom stereocenters. The largest absolute Gasteiger partial charge is 0.270 e. The molecule has 5 heteroatoms. The maximum absolute atomic E-state index is 12.3. The number of rotatable bonds is 5. The highest BCUT2D eigenvalue weighted by atomic mass is 32.2. The molecular formula is C13H18N2OS2. The van der Waals surface area contributed by atoms with E-state index in [1.54, 1.807) is 11.3 Å². The van der Waals surface area contributed by atoms with Crippen LogP contribution >= 0.6 is 11.3 Å². The Labute approximate surface area is 114 Å². The summed E-state index contributed by atoms with van der Waals surface area (Å²) in [5.74, 6) is 0.527. The van der Waals surface area contributed by atoms with Gasteiger partial charge in [-0.1, -0.05) is 6.07 Å². The number of hydrogen-bond acceptors (Lipinski definition) is 3. The van der Waals surface area contributed by atoms with Gasteiger partial charge in [0.15, 0.2) is 0 Å². The van der Waals surface area contributed by atoms with Gasteiger partial charge in [-0.2, -0.15) is 5.10 Å². The van der Waals surface area contributed by atoms with Gasteiger partial charge in [-0.3, -0.25) is 8.89 Å². The van der Waals surface area contributed by atoms with Crippen molar-refractivity contribution in [3.63, 3.8) is 0 Å². The van der Waals surface area contributed by atoms with E-state index >= 15 is 0 Å². The van der Waals surface area contributed by atoms with Gasteiger partial charge in [0.25, 0.3) is 0 Å². The van der Waals surface area contributed by atoms with Gasteiger partial charge >= 0.3 is 0 Å². The molecule has 0 N–H and O–H groups in total. The Hall–Kier alpha value is -0.940. The van der Waals surface area contributed by atoms with Gasteiger partial charge in [0.2, 0.25) is 0 Å². The van der Waals surface area contributed by atoms with Crippen LogP contribution in [0.5, 0.6) is 0 Å². The Balaban J connectivity index is 2.02. The average Bonchev–Trinajstić information content (AvgIpc) is 2.98. The summed E-state index contributed by atoms with van der Waals surface area (Å²) in [6.45, 7) is 6.19. The van der Waals surface area contributed by atoms with E-state index in [0.29, 0.717) is 11.8 Å². The summed E-state index contributed by atoms with van der Waals surface area (Å²) in [7, 11) is -0.910. The zero-order chi connectivity index (χ0) is 13.1. The van der Waals surface area contributed by atoms with Crippen LogP contribution < -0.4 is 0 Å². The summed E-state index contributed by atoms with van der Waals surface area (Å²) < 4.78 is 14.2. The summed E-state index contributed by atoms with van der Waals surface area (Å²) in [6, 6.07) is 6.35. The molecule has 0 saturated heterocycles. The molecule has 2 heterocycles. The molecular weight excluding hydrogens is 264 g/mol.